The van der Waals surface area contributed by atoms with Gasteiger partial charge in [-0.05, 0) is 43.2 Å². The predicted octanol–water partition coefficient (Wildman–Crippen LogP) is 2.58. The molecule has 0 saturated carbocycles. The fraction of sp³-hybridized carbons (Fsp3) is 0.250. The largest absolute Gasteiger partial charge is 3.00 e. The molecule has 3 heterocycles. The van der Waals surface area contributed by atoms with Crippen LogP contribution in [0.25, 0.3) is 27.1 Å². The third-order valence-electron chi connectivity index (χ3n) is 6.87. The Morgan fingerprint density at radius 3 is 2.15 bits per heavy atom. The van der Waals surface area contributed by atoms with E-state index in [9.17, 15) is 0 Å². The molecule has 0 fully saturated rings. The summed E-state index contributed by atoms with van der Waals surface area (Å²) in [5.41, 5.74) is 9.51. The molecule has 0 amide bonds. The first kappa shape index (κ1) is 28.4. The minimum absolute atomic E-state index is 0. The molecule has 33 heavy (non-hydrogen) atoms. The van der Waals surface area contributed by atoms with Crippen LogP contribution in [0.2, 0.25) is 13.1 Å². The maximum Gasteiger partial charge on any atom is 3.00 e. The summed E-state index contributed by atoms with van der Waals surface area (Å²) in [5, 5.41) is 4.47. The first-order chi connectivity index (χ1) is 14.3. The summed E-state index contributed by atoms with van der Waals surface area (Å²) in [6.07, 6.45) is 0. The maximum absolute atomic E-state index is 2.52. The SMILES string of the molecule is CC1=C2c3sc(C)cc3C1[Si]2(C)C.Cc1ccc(-c2cccc3[cH-]c(C)cc23)cc1.[Cl-].[Cl-].[Zr+3]. The minimum atomic E-state index is -0.995. The van der Waals surface area contributed by atoms with E-state index in [2.05, 4.69) is 101 Å². The summed E-state index contributed by atoms with van der Waals surface area (Å²) in [5.74, 6) is 0. The van der Waals surface area contributed by atoms with Gasteiger partial charge in [-0.2, -0.15) is 6.07 Å². The molecule has 3 aromatic carbocycles. The van der Waals surface area contributed by atoms with Gasteiger partial charge in [0.15, 0.2) is 0 Å². The van der Waals surface area contributed by atoms with Gasteiger partial charge in [0, 0.05) is 15.3 Å². The number of allylic oxidation sites excluding steroid dienone is 1. The number of hydrogen-bond donors (Lipinski definition) is 0. The van der Waals surface area contributed by atoms with Gasteiger partial charge in [0.25, 0.3) is 0 Å². The van der Waals surface area contributed by atoms with Crippen LogP contribution >= 0.6 is 11.3 Å². The molecule has 1 unspecified atom stereocenters. The molecular formula is C28H29Cl2SSiZr. The number of rotatable bonds is 1. The third-order valence-corrected chi connectivity index (χ3v) is 12.3. The van der Waals surface area contributed by atoms with Crippen molar-refractivity contribution in [2.45, 2.75) is 46.3 Å². The molecule has 0 spiro atoms. The van der Waals surface area contributed by atoms with E-state index >= 15 is 0 Å². The molecule has 0 N–H and O–H groups in total. The first-order valence-electron chi connectivity index (χ1n) is 10.8. The fourth-order valence-electron chi connectivity index (χ4n) is 5.67. The van der Waals surface area contributed by atoms with Crippen LogP contribution in [-0.2, 0) is 26.2 Å². The standard InChI is InChI=1S/C17H15.C11H14SSi.2ClH.Zr/c1-12-6-8-14(9-7-12)16-5-3-4-15-10-13(2)11-17(15)16;1-6-5-8-9(12-6)11-7(2)10(8)13(11,3)4;;;/h3-11H,1-2H3;5,10H,1-4H3;2*1H;/q-1;;;;+3/p-2. The Morgan fingerprint density at radius 1 is 0.879 bits per heavy atom. The summed E-state index contributed by atoms with van der Waals surface area (Å²) in [4.78, 5) is 3.14. The molecule has 1 aliphatic carbocycles. The maximum atomic E-state index is 2.52. The third kappa shape index (κ3) is 4.69. The van der Waals surface area contributed by atoms with E-state index in [0.29, 0.717) is 0 Å². The Bertz CT molecular complexity index is 1310. The van der Waals surface area contributed by atoms with E-state index < -0.39 is 8.07 Å². The minimum Gasteiger partial charge on any atom is -1.00 e. The second kappa shape index (κ2) is 10.4. The van der Waals surface area contributed by atoms with Crippen molar-refractivity contribution in [2.75, 3.05) is 0 Å². The van der Waals surface area contributed by atoms with Gasteiger partial charge in [-0.15, -0.1) is 45.9 Å². The number of aryl methyl sites for hydroxylation is 3. The Morgan fingerprint density at radius 2 is 1.55 bits per heavy atom. The second-order valence-electron chi connectivity index (χ2n) is 9.56. The van der Waals surface area contributed by atoms with Gasteiger partial charge in [0.05, 0.1) is 8.07 Å². The van der Waals surface area contributed by atoms with E-state index in [1.54, 1.807) is 21.2 Å². The number of hydrogen-bond acceptors (Lipinski definition) is 1. The number of benzene rings is 2. The average molecular weight is 588 g/mol. The monoisotopic (exact) mass is 585 g/mol. The van der Waals surface area contributed by atoms with Gasteiger partial charge >= 0.3 is 26.2 Å². The predicted molar refractivity (Wildman–Crippen MR) is 136 cm³/mol. The molecule has 4 aromatic rings. The Balaban J connectivity index is 0.000000220. The van der Waals surface area contributed by atoms with E-state index in [0.717, 1.165) is 5.54 Å². The van der Waals surface area contributed by atoms with Crippen molar-refractivity contribution in [1.29, 1.82) is 0 Å². The molecule has 0 saturated heterocycles. The number of thiophene rings is 1. The van der Waals surface area contributed by atoms with Gasteiger partial charge in [0.2, 0.25) is 0 Å². The van der Waals surface area contributed by atoms with E-state index in [4.69, 9.17) is 0 Å². The summed E-state index contributed by atoms with van der Waals surface area (Å²) >= 11 is 2.01. The van der Waals surface area contributed by atoms with Crippen molar-refractivity contribution in [2.24, 2.45) is 0 Å². The zero-order valence-corrected chi connectivity index (χ0v) is 25.8. The topological polar surface area (TPSA) is 0 Å². The van der Waals surface area contributed by atoms with E-state index in [-0.39, 0.29) is 51.0 Å². The zero-order valence-electron chi connectivity index (χ0n) is 20.0. The summed E-state index contributed by atoms with van der Waals surface area (Å²) in [6, 6.07) is 22.2. The molecule has 0 nitrogen and oxygen atoms in total. The van der Waals surface area contributed by atoms with Gasteiger partial charge < -0.3 is 24.8 Å². The van der Waals surface area contributed by atoms with Crippen molar-refractivity contribution < 1.29 is 51.0 Å². The van der Waals surface area contributed by atoms with Gasteiger partial charge in [-0.1, -0.05) is 67.0 Å². The molecule has 1 aromatic heterocycles. The quantitative estimate of drug-likeness (QED) is 0.237. The normalized spacial score (nSPS) is 16.5. The van der Waals surface area contributed by atoms with Crippen LogP contribution in [0.5, 0.6) is 0 Å². The fourth-order valence-corrected chi connectivity index (χ4v) is 12.0. The van der Waals surface area contributed by atoms with E-state index in [1.807, 2.05) is 11.3 Å². The molecular weight excluding hydrogens is 559 g/mol. The van der Waals surface area contributed by atoms with Crippen LogP contribution in [0, 0.1) is 20.8 Å². The van der Waals surface area contributed by atoms with Gasteiger partial charge in [0.1, 0.15) is 0 Å². The van der Waals surface area contributed by atoms with Crippen LogP contribution in [0.3, 0.4) is 0 Å². The molecule has 169 valence electrons. The zero-order chi connectivity index (χ0) is 21.2. The molecule has 3 aliphatic rings. The molecule has 1 radical (unpaired) electrons. The Labute approximate surface area is 234 Å². The van der Waals surface area contributed by atoms with Crippen LogP contribution in [0.15, 0.2) is 66.2 Å². The molecule has 2 bridgehead atoms. The van der Waals surface area contributed by atoms with Crippen molar-refractivity contribution in [1.82, 2.24) is 0 Å². The number of halogens is 2. The summed E-state index contributed by atoms with van der Waals surface area (Å²) < 4.78 is 0. The number of fused-ring (bicyclic) bond motifs is 1. The van der Waals surface area contributed by atoms with Crippen molar-refractivity contribution in [3.63, 3.8) is 0 Å². The van der Waals surface area contributed by atoms with E-state index in [1.165, 1.54) is 37.9 Å². The van der Waals surface area contributed by atoms with Crippen molar-refractivity contribution >= 4 is 35.4 Å². The summed E-state index contributed by atoms with van der Waals surface area (Å²) in [6.45, 7) is 13.9. The first-order valence-corrected chi connectivity index (χ1v) is 14.7. The average Bonchev–Trinajstić information content (AvgIpc) is 3.36. The Hall–Kier alpha value is -0.830. The smallest absolute Gasteiger partial charge is 1.00 e. The molecule has 5 heteroatoms. The van der Waals surface area contributed by atoms with Crippen molar-refractivity contribution in [3.8, 4) is 11.1 Å². The Kier molecular flexibility index (Phi) is 8.97. The summed E-state index contributed by atoms with van der Waals surface area (Å²) in [7, 11) is -0.995. The molecule has 2 aliphatic heterocycles. The second-order valence-corrected chi connectivity index (χ2v) is 15.3. The van der Waals surface area contributed by atoms with Crippen molar-refractivity contribution in [3.05, 3.63) is 92.7 Å². The molecule has 1 atom stereocenters. The van der Waals surface area contributed by atoms with Crippen LogP contribution in [0.1, 0.15) is 38.9 Å². The van der Waals surface area contributed by atoms with Gasteiger partial charge in [-0.25, -0.2) is 0 Å². The van der Waals surface area contributed by atoms with Crippen LogP contribution < -0.4 is 24.8 Å². The molecule has 7 rings (SSSR count). The van der Waals surface area contributed by atoms with Crippen LogP contribution in [-0.4, -0.2) is 8.07 Å². The van der Waals surface area contributed by atoms with Gasteiger partial charge in [-0.3, -0.25) is 0 Å². The van der Waals surface area contributed by atoms with Crippen LogP contribution in [0.4, 0.5) is 0 Å².